The van der Waals surface area contributed by atoms with Gasteiger partial charge in [0.25, 0.3) is 0 Å². The van der Waals surface area contributed by atoms with E-state index in [0.717, 1.165) is 25.1 Å². The average molecular weight is 216 g/mol. The molecule has 1 aromatic carbocycles. The van der Waals surface area contributed by atoms with Gasteiger partial charge in [-0.15, -0.1) is 0 Å². The van der Waals surface area contributed by atoms with Crippen LogP contribution in [0, 0.1) is 6.92 Å². The number of nitrogens with one attached hydrogen (secondary N) is 1. The quantitative estimate of drug-likeness (QED) is 0.779. The maximum atomic E-state index is 4.76. The first-order chi connectivity index (χ1) is 7.84. The highest BCUT2D eigenvalue weighted by Crippen LogP contribution is 2.04. The normalized spacial score (nSPS) is 10.6. The summed E-state index contributed by atoms with van der Waals surface area (Å²) in [5.74, 6) is 0. The number of hydrogen-bond donors (Lipinski definition) is 1. The molecule has 1 aromatic heterocycles. The number of aromatic nitrogens is 1. The summed E-state index contributed by atoms with van der Waals surface area (Å²) in [6.07, 6.45) is 4.45. The highest BCUT2D eigenvalue weighted by molar-refractivity contribution is 5.22. The molecule has 3 nitrogen and oxygen atoms in total. The summed E-state index contributed by atoms with van der Waals surface area (Å²) >= 11 is 0. The van der Waals surface area contributed by atoms with Crippen LogP contribution in [0.3, 0.4) is 0 Å². The molecule has 0 saturated carbocycles. The second kappa shape index (κ2) is 5.47. The molecule has 1 heterocycles. The van der Waals surface area contributed by atoms with Crippen molar-refractivity contribution in [2.45, 2.75) is 19.9 Å². The Morgan fingerprint density at radius 3 is 3.00 bits per heavy atom. The second-order valence-corrected chi connectivity index (χ2v) is 3.95. The van der Waals surface area contributed by atoms with Crippen LogP contribution < -0.4 is 5.32 Å². The summed E-state index contributed by atoms with van der Waals surface area (Å²) in [7, 11) is 0. The predicted molar refractivity (Wildman–Crippen MR) is 63.1 cm³/mol. The Morgan fingerprint density at radius 1 is 1.31 bits per heavy atom. The molecule has 0 aliphatic heterocycles. The first-order valence-electron chi connectivity index (χ1n) is 5.49. The van der Waals surface area contributed by atoms with E-state index in [1.54, 1.807) is 12.5 Å². The fourth-order valence-electron chi connectivity index (χ4n) is 1.65. The molecule has 0 saturated heterocycles. The van der Waals surface area contributed by atoms with Crippen molar-refractivity contribution in [1.82, 2.24) is 10.5 Å². The van der Waals surface area contributed by atoms with Gasteiger partial charge in [0.15, 0.2) is 0 Å². The van der Waals surface area contributed by atoms with Crippen molar-refractivity contribution in [1.29, 1.82) is 0 Å². The maximum Gasteiger partial charge on any atom is 0.128 e. The van der Waals surface area contributed by atoms with Crippen LogP contribution in [0.25, 0.3) is 0 Å². The maximum absolute atomic E-state index is 4.76. The van der Waals surface area contributed by atoms with Crippen molar-refractivity contribution in [3.8, 4) is 0 Å². The molecular weight excluding hydrogens is 200 g/mol. The summed E-state index contributed by atoms with van der Waals surface area (Å²) in [4.78, 5) is 0. The van der Waals surface area contributed by atoms with Gasteiger partial charge in [-0.1, -0.05) is 35.0 Å². The van der Waals surface area contributed by atoms with Gasteiger partial charge in [0.2, 0.25) is 0 Å². The SMILES string of the molecule is Cc1cccc(CCNCc2cnoc2)c1. The van der Waals surface area contributed by atoms with Crippen LogP contribution in [0.2, 0.25) is 0 Å². The lowest BCUT2D eigenvalue weighted by Gasteiger charge is -2.03. The molecule has 0 unspecified atom stereocenters. The molecule has 0 spiro atoms. The smallest absolute Gasteiger partial charge is 0.128 e. The summed E-state index contributed by atoms with van der Waals surface area (Å²) in [5, 5.41) is 7.01. The van der Waals surface area contributed by atoms with Crippen LogP contribution in [-0.2, 0) is 13.0 Å². The zero-order chi connectivity index (χ0) is 11.2. The third-order valence-corrected chi connectivity index (χ3v) is 2.49. The Morgan fingerprint density at radius 2 is 2.25 bits per heavy atom. The Hall–Kier alpha value is -1.61. The minimum absolute atomic E-state index is 0.815. The summed E-state index contributed by atoms with van der Waals surface area (Å²) in [5.41, 5.74) is 3.78. The van der Waals surface area contributed by atoms with Crippen molar-refractivity contribution in [2.24, 2.45) is 0 Å². The van der Waals surface area contributed by atoms with E-state index in [1.807, 2.05) is 0 Å². The summed E-state index contributed by atoms with van der Waals surface area (Å²) in [6, 6.07) is 8.61. The van der Waals surface area contributed by atoms with Crippen LogP contribution in [-0.4, -0.2) is 11.7 Å². The molecule has 2 aromatic rings. The van der Waals surface area contributed by atoms with Gasteiger partial charge in [-0.05, 0) is 25.5 Å². The lowest BCUT2D eigenvalue weighted by Crippen LogP contribution is -2.16. The Bertz CT molecular complexity index is 423. The minimum Gasteiger partial charge on any atom is -0.364 e. The van der Waals surface area contributed by atoms with E-state index in [-0.39, 0.29) is 0 Å². The van der Waals surface area contributed by atoms with Gasteiger partial charge in [0.05, 0.1) is 6.20 Å². The van der Waals surface area contributed by atoms with Gasteiger partial charge in [0.1, 0.15) is 6.26 Å². The molecule has 0 fully saturated rings. The monoisotopic (exact) mass is 216 g/mol. The molecule has 1 N–H and O–H groups in total. The van der Waals surface area contributed by atoms with Gasteiger partial charge >= 0.3 is 0 Å². The molecule has 3 heteroatoms. The fourth-order valence-corrected chi connectivity index (χ4v) is 1.65. The first-order valence-corrected chi connectivity index (χ1v) is 5.49. The van der Waals surface area contributed by atoms with E-state index >= 15 is 0 Å². The van der Waals surface area contributed by atoms with Gasteiger partial charge in [0, 0.05) is 12.1 Å². The Balaban J connectivity index is 1.72. The Kier molecular flexibility index (Phi) is 3.72. The number of benzene rings is 1. The van der Waals surface area contributed by atoms with Crippen molar-refractivity contribution in [2.75, 3.05) is 6.54 Å². The average Bonchev–Trinajstić information content (AvgIpc) is 2.77. The predicted octanol–water partition coefficient (Wildman–Crippen LogP) is 2.32. The minimum atomic E-state index is 0.815. The molecule has 0 aliphatic rings. The molecule has 0 atom stereocenters. The standard InChI is InChI=1S/C13H16N2O/c1-11-3-2-4-12(7-11)5-6-14-8-13-9-15-16-10-13/h2-4,7,9-10,14H,5-6,8H2,1H3. The van der Waals surface area contributed by atoms with Crippen LogP contribution >= 0.6 is 0 Å². The van der Waals surface area contributed by atoms with E-state index in [4.69, 9.17) is 4.52 Å². The van der Waals surface area contributed by atoms with E-state index < -0.39 is 0 Å². The zero-order valence-corrected chi connectivity index (χ0v) is 9.44. The zero-order valence-electron chi connectivity index (χ0n) is 9.44. The highest BCUT2D eigenvalue weighted by atomic mass is 16.5. The van der Waals surface area contributed by atoms with Crippen molar-refractivity contribution < 1.29 is 4.52 Å². The highest BCUT2D eigenvalue weighted by Gasteiger charge is 1.96. The van der Waals surface area contributed by atoms with E-state index in [9.17, 15) is 0 Å². The molecular formula is C13H16N2O. The van der Waals surface area contributed by atoms with Gasteiger partial charge in [-0.3, -0.25) is 0 Å². The summed E-state index contributed by atoms with van der Waals surface area (Å²) in [6.45, 7) is 3.90. The van der Waals surface area contributed by atoms with Crippen molar-refractivity contribution in [3.05, 3.63) is 53.4 Å². The van der Waals surface area contributed by atoms with E-state index in [1.165, 1.54) is 11.1 Å². The largest absolute Gasteiger partial charge is 0.364 e. The summed E-state index contributed by atoms with van der Waals surface area (Å²) < 4.78 is 4.76. The first kappa shape index (κ1) is 10.9. The van der Waals surface area contributed by atoms with Crippen LogP contribution in [0.15, 0.2) is 41.2 Å². The molecule has 0 aliphatic carbocycles. The van der Waals surface area contributed by atoms with Gasteiger partial charge < -0.3 is 9.84 Å². The topological polar surface area (TPSA) is 38.1 Å². The van der Waals surface area contributed by atoms with E-state index in [0.29, 0.717) is 0 Å². The molecule has 0 bridgehead atoms. The van der Waals surface area contributed by atoms with Gasteiger partial charge in [-0.25, -0.2) is 0 Å². The lowest BCUT2D eigenvalue weighted by molar-refractivity contribution is 0.418. The third kappa shape index (κ3) is 3.21. The van der Waals surface area contributed by atoms with Crippen molar-refractivity contribution >= 4 is 0 Å². The molecule has 0 amide bonds. The molecule has 84 valence electrons. The number of rotatable bonds is 5. The number of aryl methyl sites for hydroxylation is 1. The van der Waals surface area contributed by atoms with Crippen LogP contribution in [0.1, 0.15) is 16.7 Å². The molecule has 2 rings (SSSR count). The molecule has 0 radical (unpaired) electrons. The Labute approximate surface area is 95.5 Å². The van der Waals surface area contributed by atoms with Crippen LogP contribution in [0.5, 0.6) is 0 Å². The van der Waals surface area contributed by atoms with Crippen molar-refractivity contribution in [3.63, 3.8) is 0 Å². The number of nitrogens with zero attached hydrogens (tertiary/aromatic N) is 1. The second-order valence-electron chi connectivity index (χ2n) is 3.95. The van der Waals surface area contributed by atoms with Gasteiger partial charge in [-0.2, -0.15) is 0 Å². The van der Waals surface area contributed by atoms with E-state index in [2.05, 4.69) is 41.7 Å². The van der Waals surface area contributed by atoms with Crippen LogP contribution in [0.4, 0.5) is 0 Å². The molecule has 16 heavy (non-hydrogen) atoms. The third-order valence-electron chi connectivity index (χ3n) is 2.49. The lowest BCUT2D eigenvalue weighted by atomic mass is 10.1. The number of hydrogen-bond acceptors (Lipinski definition) is 3. The fraction of sp³-hybridized carbons (Fsp3) is 0.308.